The first-order valence-electron chi connectivity index (χ1n) is 6.67. The van der Waals surface area contributed by atoms with E-state index in [0.717, 1.165) is 24.3 Å². The van der Waals surface area contributed by atoms with Gasteiger partial charge in [-0.1, -0.05) is 17.7 Å². The van der Waals surface area contributed by atoms with Crippen molar-refractivity contribution in [3.8, 4) is 0 Å². The van der Waals surface area contributed by atoms with Gasteiger partial charge in [0, 0.05) is 11.1 Å². The van der Waals surface area contributed by atoms with Crippen LogP contribution in [0.4, 0.5) is 4.39 Å². The summed E-state index contributed by atoms with van der Waals surface area (Å²) in [6, 6.07) is 4.77. The molecule has 2 nitrogen and oxygen atoms in total. The highest BCUT2D eigenvalue weighted by molar-refractivity contribution is 7.99. The molecule has 1 aliphatic heterocycles. The van der Waals surface area contributed by atoms with Gasteiger partial charge in [0.15, 0.2) is 0 Å². The molecule has 1 aliphatic rings. The van der Waals surface area contributed by atoms with Crippen LogP contribution < -0.4 is 11.3 Å². The Morgan fingerprint density at radius 2 is 2.16 bits per heavy atom. The minimum absolute atomic E-state index is 0.205. The van der Waals surface area contributed by atoms with Crippen LogP contribution in [0.2, 0.25) is 5.02 Å². The average molecular weight is 303 g/mol. The molecular weight excluding hydrogens is 283 g/mol. The normalized spacial score (nSPS) is 18.5. The Kier molecular flexibility index (Phi) is 5.95. The van der Waals surface area contributed by atoms with Gasteiger partial charge in [0.25, 0.3) is 0 Å². The van der Waals surface area contributed by atoms with Crippen molar-refractivity contribution in [2.75, 3.05) is 11.5 Å². The van der Waals surface area contributed by atoms with Crippen LogP contribution in [0.15, 0.2) is 18.2 Å². The number of hydrogen-bond acceptors (Lipinski definition) is 3. The lowest BCUT2D eigenvalue weighted by molar-refractivity contribution is 0.365. The molecule has 19 heavy (non-hydrogen) atoms. The van der Waals surface area contributed by atoms with E-state index < -0.39 is 0 Å². The Labute approximate surface area is 123 Å². The number of hydrogen-bond donors (Lipinski definition) is 2. The summed E-state index contributed by atoms with van der Waals surface area (Å²) in [5.74, 6) is 8.59. The van der Waals surface area contributed by atoms with Crippen LogP contribution in [0.3, 0.4) is 0 Å². The van der Waals surface area contributed by atoms with Crippen molar-refractivity contribution < 1.29 is 4.39 Å². The fourth-order valence-electron chi connectivity index (χ4n) is 2.55. The van der Waals surface area contributed by atoms with Gasteiger partial charge in [-0.2, -0.15) is 11.8 Å². The van der Waals surface area contributed by atoms with Crippen LogP contribution in [0, 0.1) is 11.7 Å². The molecule has 2 rings (SSSR count). The summed E-state index contributed by atoms with van der Waals surface area (Å²) in [6.45, 7) is 0. The first-order chi connectivity index (χ1) is 9.19. The fourth-order valence-corrected chi connectivity index (χ4v) is 4.00. The second-order valence-electron chi connectivity index (χ2n) is 5.09. The predicted octanol–water partition coefficient (Wildman–Crippen LogP) is 3.39. The summed E-state index contributed by atoms with van der Waals surface area (Å²) in [5, 5.41) is 0.486. The van der Waals surface area contributed by atoms with E-state index >= 15 is 0 Å². The molecule has 1 unspecified atom stereocenters. The van der Waals surface area contributed by atoms with Crippen molar-refractivity contribution in [3.05, 3.63) is 34.6 Å². The predicted molar refractivity (Wildman–Crippen MR) is 80.9 cm³/mol. The number of hydrazine groups is 1. The quantitative estimate of drug-likeness (QED) is 0.647. The molecule has 1 atom stereocenters. The van der Waals surface area contributed by atoms with Crippen molar-refractivity contribution in [3.63, 3.8) is 0 Å². The Bertz CT molecular complexity index is 410. The summed E-state index contributed by atoms with van der Waals surface area (Å²) in [6.07, 6.45) is 4.34. The topological polar surface area (TPSA) is 38.0 Å². The monoisotopic (exact) mass is 302 g/mol. The minimum atomic E-state index is -0.296. The molecule has 1 saturated heterocycles. The van der Waals surface area contributed by atoms with Gasteiger partial charge in [-0.15, -0.1) is 0 Å². The van der Waals surface area contributed by atoms with Crippen molar-refractivity contribution in [2.24, 2.45) is 11.8 Å². The van der Waals surface area contributed by atoms with Crippen LogP contribution in [-0.4, -0.2) is 17.5 Å². The molecule has 0 saturated carbocycles. The summed E-state index contributed by atoms with van der Waals surface area (Å²) in [4.78, 5) is 0. The van der Waals surface area contributed by atoms with Crippen LogP contribution in [-0.2, 0) is 6.42 Å². The van der Waals surface area contributed by atoms with E-state index in [2.05, 4.69) is 5.43 Å². The molecule has 1 heterocycles. The highest BCUT2D eigenvalue weighted by Gasteiger charge is 2.19. The highest BCUT2D eigenvalue weighted by atomic mass is 35.5. The number of halogens is 2. The number of thioether (sulfide) groups is 1. The lowest BCUT2D eigenvalue weighted by Crippen LogP contribution is -2.38. The summed E-state index contributed by atoms with van der Waals surface area (Å²) in [5.41, 5.74) is 3.84. The second kappa shape index (κ2) is 7.48. The number of nitrogens with two attached hydrogens (primary N) is 1. The van der Waals surface area contributed by atoms with Gasteiger partial charge in [0.2, 0.25) is 0 Å². The standard InChI is InChI=1S/C14H20ClFN2S/c15-14-9-12(16)2-1-11(14)8-13(18-17)7-10-3-5-19-6-4-10/h1-2,9-10,13,18H,3-8,17H2. The van der Waals surface area contributed by atoms with Gasteiger partial charge in [-0.05, 0) is 60.8 Å². The van der Waals surface area contributed by atoms with E-state index in [0.29, 0.717) is 5.02 Å². The van der Waals surface area contributed by atoms with Gasteiger partial charge < -0.3 is 0 Å². The van der Waals surface area contributed by atoms with E-state index in [1.165, 1.54) is 36.5 Å². The van der Waals surface area contributed by atoms with E-state index in [1.807, 2.05) is 11.8 Å². The van der Waals surface area contributed by atoms with Crippen LogP contribution in [0.25, 0.3) is 0 Å². The van der Waals surface area contributed by atoms with Crippen LogP contribution in [0.1, 0.15) is 24.8 Å². The second-order valence-corrected chi connectivity index (χ2v) is 6.73. The first-order valence-corrected chi connectivity index (χ1v) is 8.20. The van der Waals surface area contributed by atoms with Crippen LogP contribution >= 0.6 is 23.4 Å². The molecule has 0 radical (unpaired) electrons. The largest absolute Gasteiger partial charge is 0.271 e. The molecule has 5 heteroatoms. The number of benzene rings is 1. The zero-order valence-corrected chi connectivity index (χ0v) is 12.4. The SMILES string of the molecule is NNC(Cc1ccc(F)cc1Cl)CC1CCSCC1. The molecule has 0 aromatic heterocycles. The maximum absolute atomic E-state index is 13.0. The van der Waals surface area contributed by atoms with Gasteiger partial charge >= 0.3 is 0 Å². The van der Waals surface area contributed by atoms with Crippen molar-refractivity contribution in [2.45, 2.75) is 31.7 Å². The van der Waals surface area contributed by atoms with Gasteiger partial charge in [-0.3, -0.25) is 11.3 Å². The number of nitrogens with one attached hydrogen (secondary N) is 1. The maximum atomic E-state index is 13.0. The molecule has 1 aromatic carbocycles. The third-order valence-electron chi connectivity index (χ3n) is 3.68. The molecule has 1 fully saturated rings. The minimum Gasteiger partial charge on any atom is -0.271 e. The maximum Gasteiger partial charge on any atom is 0.124 e. The molecule has 0 aliphatic carbocycles. The van der Waals surface area contributed by atoms with Gasteiger partial charge in [0.1, 0.15) is 5.82 Å². The number of rotatable bonds is 5. The Morgan fingerprint density at radius 1 is 1.42 bits per heavy atom. The summed E-state index contributed by atoms with van der Waals surface area (Å²) < 4.78 is 13.0. The fraction of sp³-hybridized carbons (Fsp3) is 0.571. The van der Waals surface area contributed by atoms with Crippen molar-refractivity contribution in [1.82, 2.24) is 5.43 Å². The van der Waals surface area contributed by atoms with Crippen molar-refractivity contribution in [1.29, 1.82) is 0 Å². The van der Waals surface area contributed by atoms with Gasteiger partial charge in [0.05, 0.1) is 0 Å². The zero-order valence-electron chi connectivity index (χ0n) is 10.9. The molecule has 0 spiro atoms. The summed E-state index contributed by atoms with van der Waals surface area (Å²) >= 11 is 8.09. The molecule has 1 aromatic rings. The molecule has 3 N–H and O–H groups in total. The Balaban J connectivity index is 1.94. The Hall–Kier alpha value is -0.290. The third-order valence-corrected chi connectivity index (χ3v) is 5.08. The highest BCUT2D eigenvalue weighted by Crippen LogP contribution is 2.28. The molecular formula is C14H20ClFN2S. The van der Waals surface area contributed by atoms with Gasteiger partial charge in [-0.25, -0.2) is 4.39 Å². The van der Waals surface area contributed by atoms with E-state index in [-0.39, 0.29) is 11.9 Å². The Morgan fingerprint density at radius 3 is 2.79 bits per heavy atom. The van der Waals surface area contributed by atoms with Crippen molar-refractivity contribution >= 4 is 23.4 Å². The summed E-state index contributed by atoms with van der Waals surface area (Å²) in [7, 11) is 0. The lowest BCUT2D eigenvalue weighted by Gasteiger charge is -2.26. The van der Waals surface area contributed by atoms with E-state index in [1.54, 1.807) is 6.07 Å². The molecule has 0 amide bonds. The smallest absolute Gasteiger partial charge is 0.124 e. The first kappa shape index (κ1) is 15.1. The van der Waals surface area contributed by atoms with Crippen LogP contribution in [0.5, 0.6) is 0 Å². The van der Waals surface area contributed by atoms with E-state index in [9.17, 15) is 4.39 Å². The lowest BCUT2D eigenvalue weighted by atomic mass is 9.91. The third kappa shape index (κ3) is 4.63. The van der Waals surface area contributed by atoms with E-state index in [4.69, 9.17) is 17.4 Å². The molecule has 0 bridgehead atoms. The zero-order chi connectivity index (χ0) is 13.7. The molecule has 106 valence electrons. The average Bonchev–Trinajstić information content (AvgIpc) is 2.42.